The van der Waals surface area contributed by atoms with E-state index in [-0.39, 0.29) is 11.3 Å². The molecule has 3 nitrogen and oxygen atoms in total. The molecule has 0 unspecified atom stereocenters. The normalized spacial score (nSPS) is 33.7. The van der Waals surface area contributed by atoms with Crippen LogP contribution in [0.25, 0.3) is 0 Å². The maximum atomic E-state index is 11.9. The summed E-state index contributed by atoms with van der Waals surface area (Å²) in [4.78, 5) is 11.9. The molecule has 1 saturated carbocycles. The third-order valence-corrected chi connectivity index (χ3v) is 6.55. The maximum Gasteiger partial charge on any atom is 0.309 e. The van der Waals surface area contributed by atoms with Gasteiger partial charge in [-0.3, -0.25) is 4.79 Å². The maximum absolute atomic E-state index is 11.9. The number of fused-ring (bicyclic) bond motifs is 3. The van der Waals surface area contributed by atoms with Gasteiger partial charge >= 0.3 is 5.97 Å². The minimum Gasteiger partial charge on any atom is -0.481 e. The predicted octanol–water partition coefficient (Wildman–Crippen LogP) is 4.01. The highest BCUT2D eigenvalue weighted by Crippen LogP contribution is 2.57. The Morgan fingerprint density at radius 1 is 1.26 bits per heavy atom. The van der Waals surface area contributed by atoms with Crippen LogP contribution in [0.4, 0.5) is 0 Å². The number of rotatable bonds is 2. The van der Waals surface area contributed by atoms with Gasteiger partial charge in [0.15, 0.2) is 0 Å². The van der Waals surface area contributed by atoms with Crippen LogP contribution in [0.1, 0.15) is 70.1 Å². The summed E-state index contributed by atoms with van der Waals surface area (Å²) in [5, 5.41) is 20.1. The Hall–Kier alpha value is -1.35. The number of aliphatic hydroxyl groups is 1. The van der Waals surface area contributed by atoms with E-state index in [9.17, 15) is 15.0 Å². The second-order valence-electron chi connectivity index (χ2n) is 8.52. The summed E-state index contributed by atoms with van der Waals surface area (Å²) >= 11 is 0. The van der Waals surface area contributed by atoms with Crippen LogP contribution in [0.2, 0.25) is 0 Å². The van der Waals surface area contributed by atoms with E-state index < -0.39 is 17.0 Å². The summed E-state index contributed by atoms with van der Waals surface area (Å²) in [6.45, 7) is 7.81. The van der Waals surface area contributed by atoms with E-state index in [4.69, 9.17) is 0 Å². The van der Waals surface area contributed by atoms with E-state index in [1.54, 1.807) is 0 Å². The van der Waals surface area contributed by atoms with Crippen LogP contribution in [0.5, 0.6) is 0 Å². The summed E-state index contributed by atoms with van der Waals surface area (Å²) in [5.41, 5.74) is 1.99. The van der Waals surface area contributed by atoms with E-state index in [0.717, 1.165) is 37.7 Å². The highest BCUT2D eigenvalue weighted by molar-refractivity contribution is 5.75. The third-order valence-electron chi connectivity index (χ3n) is 6.55. The molecule has 1 fully saturated rings. The monoisotopic (exact) mass is 316 g/mol. The Kier molecular flexibility index (Phi) is 3.64. The Balaban J connectivity index is 2.08. The van der Waals surface area contributed by atoms with Crippen LogP contribution in [0.3, 0.4) is 0 Å². The molecule has 23 heavy (non-hydrogen) atoms. The second-order valence-corrected chi connectivity index (χ2v) is 8.52. The van der Waals surface area contributed by atoms with Crippen molar-refractivity contribution in [2.24, 2.45) is 11.3 Å². The molecule has 0 amide bonds. The van der Waals surface area contributed by atoms with Crippen molar-refractivity contribution in [3.05, 3.63) is 34.9 Å². The Bertz CT molecular complexity index is 643. The van der Waals surface area contributed by atoms with Gasteiger partial charge in [-0.15, -0.1) is 0 Å². The summed E-state index contributed by atoms with van der Waals surface area (Å²) in [5.74, 6) is -0.466. The lowest BCUT2D eigenvalue weighted by Gasteiger charge is -2.53. The smallest absolute Gasteiger partial charge is 0.309 e. The molecule has 2 aliphatic rings. The van der Waals surface area contributed by atoms with E-state index in [1.807, 2.05) is 26.8 Å². The van der Waals surface area contributed by atoms with Gasteiger partial charge < -0.3 is 10.2 Å². The summed E-state index contributed by atoms with van der Waals surface area (Å²) in [6, 6.07) is 6.28. The Morgan fingerprint density at radius 3 is 2.57 bits per heavy atom. The van der Waals surface area contributed by atoms with Gasteiger partial charge in [0.2, 0.25) is 0 Å². The van der Waals surface area contributed by atoms with Gasteiger partial charge in [0, 0.05) is 0 Å². The van der Waals surface area contributed by atoms with Crippen LogP contribution in [-0.4, -0.2) is 16.2 Å². The van der Waals surface area contributed by atoms with E-state index in [0.29, 0.717) is 0 Å². The van der Waals surface area contributed by atoms with Gasteiger partial charge in [-0.05, 0) is 74.5 Å². The van der Waals surface area contributed by atoms with Crippen molar-refractivity contribution in [2.75, 3.05) is 0 Å². The van der Waals surface area contributed by atoms with Gasteiger partial charge in [0.25, 0.3) is 0 Å². The molecule has 126 valence electrons. The number of carboxylic acids is 1. The molecule has 0 spiro atoms. The molecule has 1 aromatic carbocycles. The zero-order valence-electron chi connectivity index (χ0n) is 14.6. The minimum atomic E-state index is -0.838. The number of aliphatic carboxylic acids is 1. The van der Waals surface area contributed by atoms with Crippen molar-refractivity contribution in [1.82, 2.24) is 0 Å². The lowest BCUT2D eigenvalue weighted by Crippen LogP contribution is -2.52. The first-order chi connectivity index (χ1) is 10.6. The summed E-state index contributed by atoms with van der Waals surface area (Å²) in [7, 11) is 0. The first kappa shape index (κ1) is 16.5. The molecule has 2 N–H and O–H groups in total. The third kappa shape index (κ3) is 2.40. The number of benzene rings is 1. The van der Waals surface area contributed by atoms with Gasteiger partial charge in [-0.1, -0.05) is 31.5 Å². The van der Waals surface area contributed by atoms with E-state index in [2.05, 4.69) is 19.1 Å². The summed E-state index contributed by atoms with van der Waals surface area (Å²) < 4.78 is 0. The average molecular weight is 316 g/mol. The molecule has 3 rings (SSSR count). The van der Waals surface area contributed by atoms with Crippen LogP contribution in [0, 0.1) is 11.3 Å². The molecule has 0 bridgehead atoms. The molecule has 0 saturated heterocycles. The van der Waals surface area contributed by atoms with Crippen LogP contribution >= 0.6 is 0 Å². The van der Waals surface area contributed by atoms with Crippen LogP contribution in [0.15, 0.2) is 18.2 Å². The standard InChI is InChI=1S/C20H28O3/c1-18(2,23)14-7-8-15-13(12-14)6-9-16-19(15,3)10-5-11-20(16,4)17(21)22/h7-8,12,16,23H,5-6,9-11H2,1-4H3,(H,21,22)/t16-,19-,20+/m0/s1. The fourth-order valence-electron chi connectivity index (χ4n) is 5.13. The molecular weight excluding hydrogens is 288 g/mol. The van der Waals surface area contributed by atoms with Crippen LogP contribution < -0.4 is 0 Å². The Labute approximate surface area is 138 Å². The molecule has 0 radical (unpaired) electrons. The predicted molar refractivity (Wildman–Crippen MR) is 90.4 cm³/mol. The largest absolute Gasteiger partial charge is 0.481 e. The minimum absolute atomic E-state index is 0.0723. The zero-order valence-corrected chi connectivity index (χ0v) is 14.6. The van der Waals surface area contributed by atoms with E-state index in [1.165, 1.54) is 11.1 Å². The highest BCUT2D eigenvalue weighted by Gasteiger charge is 2.55. The first-order valence-electron chi connectivity index (χ1n) is 8.69. The quantitative estimate of drug-likeness (QED) is 0.867. The lowest BCUT2D eigenvalue weighted by atomic mass is 9.50. The van der Waals surface area contributed by atoms with Crippen molar-refractivity contribution in [3.8, 4) is 0 Å². The second kappa shape index (κ2) is 5.07. The van der Waals surface area contributed by atoms with E-state index >= 15 is 0 Å². The van der Waals surface area contributed by atoms with Crippen molar-refractivity contribution >= 4 is 5.97 Å². The van der Waals surface area contributed by atoms with Crippen molar-refractivity contribution in [3.63, 3.8) is 0 Å². The molecule has 2 aliphatic carbocycles. The number of hydrogen-bond donors (Lipinski definition) is 2. The summed E-state index contributed by atoms with van der Waals surface area (Å²) in [6.07, 6.45) is 4.61. The number of carbonyl (C=O) groups is 1. The molecular formula is C20H28O3. The van der Waals surface area contributed by atoms with Gasteiger partial charge in [0.1, 0.15) is 0 Å². The topological polar surface area (TPSA) is 57.5 Å². The zero-order chi connectivity index (χ0) is 17.0. The molecule has 0 heterocycles. The molecule has 0 aliphatic heterocycles. The average Bonchev–Trinajstić information content (AvgIpc) is 2.45. The first-order valence-corrected chi connectivity index (χ1v) is 8.69. The van der Waals surface area contributed by atoms with Gasteiger partial charge in [0.05, 0.1) is 11.0 Å². The molecule has 0 aromatic heterocycles. The van der Waals surface area contributed by atoms with Crippen LogP contribution in [-0.2, 0) is 22.2 Å². The van der Waals surface area contributed by atoms with Crippen molar-refractivity contribution in [2.45, 2.75) is 70.8 Å². The number of carboxylic acid groups (broad SMARTS) is 1. The number of hydrogen-bond acceptors (Lipinski definition) is 2. The molecule has 1 aromatic rings. The fraction of sp³-hybridized carbons (Fsp3) is 0.650. The SMILES string of the molecule is CC(C)(O)c1ccc2c(c1)CC[C@@H]1[C@](C)(C(=O)O)CCC[C@@]21C. The fourth-order valence-corrected chi connectivity index (χ4v) is 5.13. The Morgan fingerprint density at radius 2 is 1.96 bits per heavy atom. The van der Waals surface area contributed by atoms with Crippen molar-refractivity contribution in [1.29, 1.82) is 0 Å². The highest BCUT2D eigenvalue weighted by atomic mass is 16.4. The van der Waals surface area contributed by atoms with Crippen molar-refractivity contribution < 1.29 is 15.0 Å². The lowest BCUT2D eigenvalue weighted by molar-refractivity contribution is -0.157. The molecule has 3 atom stereocenters. The number of aryl methyl sites for hydroxylation is 1. The molecule has 3 heteroatoms. The van der Waals surface area contributed by atoms with Gasteiger partial charge in [-0.2, -0.15) is 0 Å². The van der Waals surface area contributed by atoms with Gasteiger partial charge in [-0.25, -0.2) is 0 Å².